The van der Waals surface area contributed by atoms with E-state index in [9.17, 15) is 26.3 Å². The zero-order valence-corrected chi connectivity index (χ0v) is 8.62. The zero-order chi connectivity index (χ0) is 11.9. The summed E-state index contributed by atoms with van der Waals surface area (Å²) >= 11 is 2.13. The number of hydrogen-bond acceptors (Lipinski definition) is 0. The van der Waals surface area contributed by atoms with E-state index < -0.39 is 23.5 Å². The molecule has 0 spiro atoms. The fraction of sp³-hybridized carbons (Fsp3) is 0.250. The normalized spacial score (nSPS) is 12.9. The number of hydrogen-bond donors (Lipinski definition) is 0. The average Bonchev–Trinajstić information content (AvgIpc) is 1.99. The van der Waals surface area contributed by atoms with Crippen LogP contribution in [0, 0.1) is 0 Å². The van der Waals surface area contributed by atoms with Gasteiger partial charge in [0.05, 0.1) is 0 Å². The molecule has 0 atom stereocenters. The molecule has 1 rings (SSSR count). The number of rotatable bonds is 0. The van der Waals surface area contributed by atoms with Crippen LogP contribution >= 0.6 is 0 Å². The van der Waals surface area contributed by atoms with E-state index in [2.05, 4.69) is 16.0 Å². The van der Waals surface area contributed by atoms with Crippen LogP contribution in [0.1, 0.15) is 11.1 Å². The standard InChI is InChI=1S/C8H3F6Se/c9-7(10,11)4-1-5(8(12,13)14)3-6(15)2-4/h1-3H. The molecule has 0 aromatic heterocycles. The van der Waals surface area contributed by atoms with Gasteiger partial charge in [0.1, 0.15) is 0 Å². The molecule has 0 amide bonds. The summed E-state index contributed by atoms with van der Waals surface area (Å²) in [7, 11) is 0. The summed E-state index contributed by atoms with van der Waals surface area (Å²) in [6.07, 6.45) is -9.56. The minimum atomic E-state index is -4.78. The predicted octanol–water partition coefficient (Wildman–Crippen LogP) is 2.52. The van der Waals surface area contributed by atoms with E-state index in [1.807, 2.05) is 0 Å². The van der Waals surface area contributed by atoms with Crippen molar-refractivity contribution in [2.45, 2.75) is 12.4 Å². The summed E-state index contributed by atoms with van der Waals surface area (Å²) in [5.41, 5.74) is -2.63. The Morgan fingerprint density at radius 1 is 0.733 bits per heavy atom. The van der Waals surface area contributed by atoms with Crippen molar-refractivity contribution in [1.29, 1.82) is 0 Å². The van der Waals surface area contributed by atoms with Crippen molar-refractivity contribution in [3.05, 3.63) is 29.3 Å². The quantitative estimate of drug-likeness (QED) is 0.509. The third-order valence-electron chi connectivity index (χ3n) is 1.56. The third kappa shape index (κ3) is 3.14. The first-order chi connectivity index (χ1) is 6.60. The van der Waals surface area contributed by atoms with Crippen LogP contribution in [-0.2, 0) is 12.4 Å². The summed E-state index contributed by atoms with van der Waals surface area (Å²) in [5, 5.41) is 0. The molecular formula is C8H3F6Se. The van der Waals surface area contributed by atoms with Gasteiger partial charge >= 0.3 is 88.5 Å². The molecule has 1 aromatic rings. The fourth-order valence-electron chi connectivity index (χ4n) is 0.926. The molecule has 0 fully saturated rings. The Morgan fingerprint density at radius 2 is 1.07 bits per heavy atom. The summed E-state index contributed by atoms with van der Waals surface area (Å²) in [5.74, 6) is 0. The molecule has 0 aliphatic heterocycles. The fourth-order valence-corrected chi connectivity index (χ4v) is 1.46. The second kappa shape index (κ2) is 3.72. The van der Waals surface area contributed by atoms with E-state index >= 15 is 0 Å². The molecule has 0 saturated carbocycles. The van der Waals surface area contributed by atoms with Gasteiger partial charge in [0.25, 0.3) is 0 Å². The van der Waals surface area contributed by atoms with Crippen molar-refractivity contribution in [3.8, 4) is 0 Å². The van der Waals surface area contributed by atoms with Crippen LogP contribution in [-0.4, -0.2) is 16.0 Å². The van der Waals surface area contributed by atoms with Gasteiger partial charge in [-0.15, -0.1) is 0 Å². The first-order valence-corrected chi connectivity index (χ1v) is 4.43. The van der Waals surface area contributed by atoms with Gasteiger partial charge in [-0.2, -0.15) is 0 Å². The molecule has 0 unspecified atom stereocenters. The summed E-state index contributed by atoms with van der Waals surface area (Å²) in [4.78, 5) is 0. The molecule has 83 valence electrons. The van der Waals surface area contributed by atoms with Crippen molar-refractivity contribution >= 4 is 20.5 Å². The first kappa shape index (κ1) is 12.4. The molecule has 7 heteroatoms. The first-order valence-electron chi connectivity index (χ1n) is 3.57. The predicted molar refractivity (Wildman–Crippen MR) is 41.8 cm³/mol. The number of alkyl halides is 6. The molecule has 0 nitrogen and oxygen atoms in total. The zero-order valence-electron chi connectivity index (χ0n) is 6.91. The molecule has 0 aliphatic carbocycles. The van der Waals surface area contributed by atoms with E-state index in [0.29, 0.717) is 12.1 Å². The van der Waals surface area contributed by atoms with Crippen LogP contribution in [0.15, 0.2) is 18.2 Å². The Labute approximate surface area is 89.1 Å². The molecule has 15 heavy (non-hydrogen) atoms. The van der Waals surface area contributed by atoms with Crippen LogP contribution in [0.4, 0.5) is 26.3 Å². The molecule has 0 aliphatic rings. The van der Waals surface area contributed by atoms with E-state index in [-0.39, 0.29) is 10.5 Å². The van der Waals surface area contributed by atoms with Crippen LogP contribution in [0.25, 0.3) is 0 Å². The average molecular weight is 292 g/mol. The van der Waals surface area contributed by atoms with Crippen molar-refractivity contribution < 1.29 is 26.3 Å². The van der Waals surface area contributed by atoms with E-state index in [4.69, 9.17) is 0 Å². The van der Waals surface area contributed by atoms with Crippen LogP contribution in [0.5, 0.6) is 0 Å². The minimum absolute atomic E-state index is 0.0842. The monoisotopic (exact) mass is 293 g/mol. The van der Waals surface area contributed by atoms with Gasteiger partial charge in [-0.25, -0.2) is 0 Å². The van der Waals surface area contributed by atoms with Gasteiger partial charge in [0.2, 0.25) is 0 Å². The molecule has 0 saturated heterocycles. The van der Waals surface area contributed by atoms with Gasteiger partial charge in [-0.3, -0.25) is 0 Å². The second-order valence-corrected chi connectivity index (χ2v) is 3.73. The van der Waals surface area contributed by atoms with Gasteiger partial charge in [-0.1, -0.05) is 0 Å². The van der Waals surface area contributed by atoms with Crippen molar-refractivity contribution in [2.24, 2.45) is 0 Å². The van der Waals surface area contributed by atoms with Crippen molar-refractivity contribution in [1.82, 2.24) is 0 Å². The Morgan fingerprint density at radius 3 is 1.33 bits per heavy atom. The molecular weight excluding hydrogens is 289 g/mol. The summed E-state index contributed by atoms with van der Waals surface area (Å²) < 4.78 is 72.7. The van der Waals surface area contributed by atoms with Crippen molar-refractivity contribution in [2.75, 3.05) is 0 Å². The van der Waals surface area contributed by atoms with Crippen LogP contribution in [0.3, 0.4) is 0 Å². The Bertz CT molecular complexity index is 332. The van der Waals surface area contributed by atoms with Crippen LogP contribution < -0.4 is 4.46 Å². The Balaban J connectivity index is 3.30. The van der Waals surface area contributed by atoms with Gasteiger partial charge in [-0.05, 0) is 0 Å². The SMILES string of the molecule is FC(F)(F)c1cc([Se])cc(C(F)(F)F)c1. The van der Waals surface area contributed by atoms with Crippen LogP contribution in [0.2, 0.25) is 0 Å². The molecule has 0 N–H and O–H groups in total. The third-order valence-corrected chi connectivity index (χ3v) is 2.06. The molecule has 1 radical (unpaired) electrons. The topological polar surface area (TPSA) is 0 Å². The maximum absolute atomic E-state index is 12.2. The van der Waals surface area contributed by atoms with E-state index in [0.717, 1.165) is 0 Å². The maximum atomic E-state index is 12.2. The number of benzene rings is 1. The second-order valence-electron chi connectivity index (χ2n) is 2.74. The van der Waals surface area contributed by atoms with E-state index in [1.54, 1.807) is 0 Å². The molecule has 0 bridgehead atoms. The Hall–Kier alpha value is -0.681. The van der Waals surface area contributed by atoms with Crippen molar-refractivity contribution in [3.63, 3.8) is 0 Å². The number of halogens is 6. The summed E-state index contributed by atoms with van der Waals surface area (Å²) in [6, 6.07) is 1.32. The molecule has 0 heterocycles. The Kier molecular flexibility index (Phi) is 3.07. The van der Waals surface area contributed by atoms with Gasteiger partial charge in [0, 0.05) is 0 Å². The molecule has 1 aromatic carbocycles. The van der Waals surface area contributed by atoms with E-state index in [1.165, 1.54) is 0 Å². The van der Waals surface area contributed by atoms with Gasteiger partial charge < -0.3 is 0 Å². The summed E-state index contributed by atoms with van der Waals surface area (Å²) in [6.45, 7) is 0. The van der Waals surface area contributed by atoms with Gasteiger partial charge in [0.15, 0.2) is 0 Å².